The Morgan fingerprint density at radius 1 is 1.15 bits per heavy atom. The first kappa shape index (κ1) is 21.6. The average molecular weight is 465 g/mol. The maximum Gasteiger partial charge on any atom is 0.415 e. The Morgan fingerprint density at radius 3 is 2.85 bits per heavy atom. The molecule has 3 aromatic rings. The Bertz CT molecular complexity index is 1240. The minimum absolute atomic E-state index is 0.108. The number of carbonyl (C=O) groups is 2. The second-order valence-corrected chi connectivity index (χ2v) is 7.61. The lowest BCUT2D eigenvalue weighted by Gasteiger charge is -2.20. The number of anilines is 2. The predicted octanol–water partition coefficient (Wildman–Crippen LogP) is 1.96. The van der Waals surface area contributed by atoms with Crippen LogP contribution in [0.5, 0.6) is 17.4 Å². The Labute approximate surface area is 195 Å². The molecular weight excluding hydrogens is 442 g/mol. The topological polar surface area (TPSA) is 124 Å². The lowest BCUT2D eigenvalue weighted by Crippen LogP contribution is -2.39. The number of aromatic nitrogens is 2. The third kappa shape index (κ3) is 4.32. The van der Waals surface area contributed by atoms with E-state index in [1.54, 1.807) is 43.6 Å². The molecule has 2 aliphatic rings. The highest BCUT2D eigenvalue weighted by Gasteiger charge is 2.37. The molecule has 0 spiro atoms. The number of fused-ring (bicyclic) bond motifs is 2. The third-order valence-corrected chi connectivity index (χ3v) is 5.45. The van der Waals surface area contributed by atoms with E-state index in [1.165, 1.54) is 4.90 Å². The van der Waals surface area contributed by atoms with Crippen molar-refractivity contribution in [3.05, 3.63) is 42.6 Å². The number of pyridine rings is 2. The zero-order valence-corrected chi connectivity index (χ0v) is 18.4. The van der Waals surface area contributed by atoms with Crippen molar-refractivity contribution in [3.63, 3.8) is 0 Å². The second kappa shape index (κ2) is 9.30. The van der Waals surface area contributed by atoms with Crippen LogP contribution in [-0.4, -0.2) is 68.0 Å². The third-order valence-electron chi connectivity index (χ3n) is 5.45. The average Bonchev–Trinajstić information content (AvgIpc) is 3.27. The summed E-state index contributed by atoms with van der Waals surface area (Å²) in [5.74, 6) is 1.31. The molecule has 34 heavy (non-hydrogen) atoms. The SMILES string of the molecule is COc1ccc2nccc(NCCNC(=O)[C@H]3CN(c4ccc5c(c4)OCCO5)C(=O)O3)c2n1. The lowest BCUT2D eigenvalue weighted by atomic mass is 10.2. The van der Waals surface area contributed by atoms with Crippen molar-refractivity contribution >= 4 is 34.4 Å². The zero-order chi connectivity index (χ0) is 23.5. The molecule has 5 rings (SSSR count). The van der Waals surface area contributed by atoms with Gasteiger partial charge in [-0.25, -0.2) is 9.78 Å². The number of carbonyl (C=O) groups excluding carboxylic acids is 2. The van der Waals surface area contributed by atoms with Gasteiger partial charge in [0, 0.05) is 31.4 Å². The van der Waals surface area contributed by atoms with Crippen molar-refractivity contribution in [2.75, 3.05) is 50.2 Å². The summed E-state index contributed by atoms with van der Waals surface area (Å²) in [7, 11) is 1.55. The number of rotatable bonds is 7. The zero-order valence-electron chi connectivity index (χ0n) is 18.4. The highest BCUT2D eigenvalue weighted by Crippen LogP contribution is 2.35. The van der Waals surface area contributed by atoms with E-state index < -0.39 is 12.2 Å². The maximum absolute atomic E-state index is 12.6. The Hall–Kier alpha value is -4.28. The summed E-state index contributed by atoms with van der Waals surface area (Å²) >= 11 is 0. The molecule has 1 aromatic carbocycles. The van der Waals surface area contributed by atoms with Crippen molar-refractivity contribution in [2.24, 2.45) is 0 Å². The molecule has 11 nitrogen and oxygen atoms in total. The fraction of sp³-hybridized carbons (Fsp3) is 0.304. The second-order valence-electron chi connectivity index (χ2n) is 7.61. The van der Waals surface area contributed by atoms with E-state index in [1.807, 2.05) is 6.07 Å². The molecule has 0 bridgehead atoms. The molecule has 1 saturated heterocycles. The first-order chi connectivity index (χ1) is 16.6. The quantitative estimate of drug-likeness (QED) is 0.504. The monoisotopic (exact) mass is 465 g/mol. The van der Waals surface area contributed by atoms with Crippen molar-refractivity contribution in [1.82, 2.24) is 15.3 Å². The largest absolute Gasteiger partial charge is 0.486 e. The smallest absolute Gasteiger partial charge is 0.415 e. The van der Waals surface area contributed by atoms with Crippen LogP contribution in [0.2, 0.25) is 0 Å². The van der Waals surface area contributed by atoms with Crippen molar-refractivity contribution < 1.29 is 28.5 Å². The van der Waals surface area contributed by atoms with Crippen molar-refractivity contribution in [1.29, 1.82) is 0 Å². The summed E-state index contributed by atoms with van der Waals surface area (Å²) in [4.78, 5) is 35.1. The summed E-state index contributed by atoms with van der Waals surface area (Å²) < 4.78 is 21.5. The number of hydrogen-bond donors (Lipinski definition) is 2. The van der Waals surface area contributed by atoms with E-state index in [9.17, 15) is 9.59 Å². The van der Waals surface area contributed by atoms with E-state index in [0.717, 1.165) is 11.2 Å². The van der Waals surface area contributed by atoms with Gasteiger partial charge in [-0.1, -0.05) is 0 Å². The predicted molar refractivity (Wildman–Crippen MR) is 123 cm³/mol. The Balaban J connectivity index is 1.15. The molecule has 1 fully saturated rings. The summed E-state index contributed by atoms with van der Waals surface area (Å²) in [5.41, 5.74) is 2.76. The van der Waals surface area contributed by atoms with Gasteiger partial charge >= 0.3 is 6.09 Å². The van der Waals surface area contributed by atoms with Crippen LogP contribution in [0.25, 0.3) is 11.0 Å². The molecule has 2 aromatic heterocycles. The first-order valence-corrected chi connectivity index (χ1v) is 10.8. The Morgan fingerprint density at radius 2 is 2.00 bits per heavy atom. The molecule has 0 radical (unpaired) electrons. The van der Waals surface area contributed by atoms with Gasteiger partial charge in [-0.3, -0.25) is 14.7 Å². The molecule has 0 unspecified atom stereocenters. The number of ether oxygens (including phenoxy) is 4. The molecule has 176 valence electrons. The number of hydrogen-bond acceptors (Lipinski definition) is 9. The minimum Gasteiger partial charge on any atom is -0.486 e. The van der Waals surface area contributed by atoms with E-state index in [4.69, 9.17) is 18.9 Å². The van der Waals surface area contributed by atoms with Crippen LogP contribution in [0.3, 0.4) is 0 Å². The van der Waals surface area contributed by atoms with Crippen molar-refractivity contribution in [3.8, 4) is 17.4 Å². The molecule has 0 saturated carbocycles. The van der Waals surface area contributed by atoms with Crippen LogP contribution < -0.4 is 29.7 Å². The summed E-state index contributed by atoms with van der Waals surface area (Å²) in [6, 6.07) is 10.6. The number of amides is 2. The summed E-state index contributed by atoms with van der Waals surface area (Å²) in [6.45, 7) is 1.80. The highest BCUT2D eigenvalue weighted by atomic mass is 16.6. The minimum atomic E-state index is -0.909. The molecule has 1 atom stereocenters. The van der Waals surface area contributed by atoms with Crippen LogP contribution in [-0.2, 0) is 9.53 Å². The molecule has 4 heterocycles. The molecule has 0 aliphatic carbocycles. The van der Waals surface area contributed by atoms with E-state index in [0.29, 0.717) is 54.9 Å². The number of nitrogens with one attached hydrogen (secondary N) is 2. The van der Waals surface area contributed by atoms with Gasteiger partial charge in [-0.05, 0) is 24.3 Å². The van der Waals surface area contributed by atoms with Gasteiger partial charge in [0.05, 0.1) is 30.5 Å². The molecule has 11 heteroatoms. The highest BCUT2D eigenvalue weighted by molar-refractivity contribution is 5.96. The van der Waals surface area contributed by atoms with Crippen LogP contribution in [0.4, 0.5) is 16.2 Å². The number of cyclic esters (lactones) is 1. The molecule has 2 aliphatic heterocycles. The fourth-order valence-electron chi connectivity index (χ4n) is 3.77. The normalized spacial score (nSPS) is 16.8. The van der Waals surface area contributed by atoms with Crippen LogP contribution in [0, 0.1) is 0 Å². The van der Waals surface area contributed by atoms with Gasteiger partial charge in [0.1, 0.15) is 18.7 Å². The van der Waals surface area contributed by atoms with Gasteiger partial charge in [0.15, 0.2) is 17.6 Å². The van der Waals surface area contributed by atoms with Crippen LogP contribution >= 0.6 is 0 Å². The van der Waals surface area contributed by atoms with Gasteiger partial charge in [0.25, 0.3) is 5.91 Å². The van der Waals surface area contributed by atoms with E-state index in [-0.39, 0.29) is 12.5 Å². The molecule has 2 amide bonds. The van der Waals surface area contributed by atoms with Crippen molar-refractivity contribution in [2.45, 2.75) is 6.10 Å². The van der Waals surface area contributed by atoms with Crippen LogP contribution in [0.1, 0.15) is 0 Å². The fourth-order valence-corrected chi connectivity index (χ4v) is 3.77. The summed E-state index contributed by atoms with van der Waals surface area (Å²) in [5, 5.41) is 6.04. The standard InChI is InChI=1S/C23H23N5O6/c1-31-20-5-3-15-21(27-20)16(6-7-24-15)25-8-9-26-22(29)19-13-28(23(30)34-19)14-2-4-17-18(12-14)33-11-10-32-17/h2-7,12,19H,8-11,13H2,1H3,(H,24,25)(H,26,29)/t19-/m1/s1. The maximum atomic E-state index is 12.6. The van der Waals surface area contributed by atoms with Gasteiger partial charge < -0.3 is 29.6 Å². The van der Waals surface area contributed by atoms with E-state index >= 15 is 0 Å². The summed E-state index contributed by atoms with van der Waals surface area (Å²) in [6.07, 6.45) is 0.189. The number of nitrogens with zero attached hydrogens (tertiary/aromatic N) is 3. The number of benzene rings is 1. The molecular formula is C23H23N5O6. The molecule has 2 N–H and O–H groups in total. The van der Waals surface area contributed by atoms with Crippen LogP contribution in [0.15, 0.2) is 42.6 Å². The van der Waals surface area contributed by atoms with E-state index in [2.05, 4.69) is 20.6 Å². The van der Waals surface area contributed by atoms with Gasteiger partial charge in [-0.2, -0.15) is 0 Å². The lowest BCUT2D eigenvalue weighted by molar-refractivity contribution is -0.127. The van der Waals surface area contributed by atoms with Gasteiger partial charge in [-0.15, -0.1) is 0 Å². The first-order valence-electron chi connectivity index (χ1n) is 10.8. The Kier molecular flexibility index (Phi) is 5.90. The number of methoxy groups -OCH3 is 1. The van der Waals surface area contributed by atoms with Gasteiger partial charge in [0.2, 0.25) is 5.88 Å².